The molecule has 0 spiro atoms. The second-order valence-corrected chi connectivity index (χ2v) is 14.0. The first-order valence-electron chi connectivity index (χ1n) is 28.2. The van der Waals surface area contributed by atoms with Gasteiger partial charge in [-0.05, 0) is 108 Å². The van der Waals surface area contributed by atoms with E-state index in [9.17, 15) is 0 Å². The van der Waals surface area contributed by atoms with Gasteiger partial charge in [0.25, 0.3) is 0 Å². The number of rotatable bonds is 5. The Bertz CT molecular complexity index is 1790. The van der Waals surface area contributed by atoms with Crippen LogP contribution < -0.4 is 0 Å². The average Bonchev–Trinajstić information content (AvgIpc) is 3.49. The van der Waals surface area contributed by atoms with Crippen LogP contribution in [0.1, 0.15) is 293 Å². The fourth-order valence-corrected chi connectivity index (χ4v) is 4.40. The molecule has 0 amide bonds. The molecule has 5 aromatic rings. The molecule has 4 heterocycles. The Balaban J connectivity index is -0.0000000795. The van der Waals surface area contributed by atoms with Crippen molar-refractivity contribution in [2.24, 2.45) is 0 Å². The van der Waals surface area contributed by atoms with Crippen LogP contribution >= 0.6 is 0 Å². The molecule has 0 fully saturated rings. The fraction of sp³-hybridized carbons (Fsp3) is 0.545. The van der Waals surface area contributed by atoms with E-state index < -0.39 is 0 Å². The number of pyridine rings is 4. The zero-order valence-electron chi connectivity index (χ0n) is 53.7. The molecule has 1 aromatic carbocycles. The third-order valence-corrected chi connectivity index (χ3v) is 7.80. The Morgan fingerprint density at radius 1 is 0.351 bits per heavy atom. The van der Waals surface area contributed by atoms with Crippen LogP contribution in [-0.4, -0.2) is 19.9 Å². The lowest BCUT2D eigenvalue weighted by Gasteiger charge is -2.03. The SMILES string of the molecule is CC.CC.CC.CC.CC.CC.CC.CC.CC.CC.CC(C)c1cc(C#N)ccn1.CC(C)c1cccc(C#N)c1.CC(C)c1cccc(C#N)n1.CC(C)c1cncc(C#N)c1.Cc1cc(C(C)C)ccn1. The van der Waals surface area contributed by atoms with Gasteiger partial charge in [0.2, 0.25) is 0 Å². The van der Waals surface area contributed by atoms with Crippen molar-refractivity contribution in [3.63, 3.8) is 0 Å². The molecule has 0 unspecified atom stereocenters. The molecule has 0 radical (unpaired) electrons. The zero-order valence-corrected chi connectivity index (χ0v) is 53.7. The second kappa shape index (κ2) is 73.3. The van der Waals surface area contributed by atoms with Gasteiger partial charge in [-0.15, -0.1) is 0 Å². The molecule has 8 nitrogen and oxygen atoms in total. The maximum Gasteiger partial charge on any atom is 0.140 e. The van der Waals surface area contributed by atoms with E-state index in [1.54, 1.807) is 30.7 Å². The van der Waals surface area contributed by atoms with Gasteiger partial charge in [0.1, 0.15) is 17.8 Å². The first-order chi connectivity index (χ1) is 35.6. The van der Waals surface area contributed by atoms with Crippen molar-refractivity contribution in [1.29, 1.82) is 21.0 Å². The maximum absolute atomic E-state index is 8.59. The Hall–Kier alpha value is -6.22. The van der Waals surface area contributed by atoms with Gasteiger partial charge in [0.15, 0.2) is 0 Å². The van der Waals surface area contributed by atoms with Crippen LogP contribution in [0.4, 0.5) is 0 Å². The molecule has 0 aliphatic carbocycles. The van der Waals surface area contributed by atoms with Gasteiger partial charge in [0, 0.05) is 41.9 Å². The van der Waals surface area contributed by atoms with Gasteiger partial charge in [-0.3, -0.25) is 15.0 Å². The number of hydrogen-bond acceptors (Lipinski definition) is 8. The summed E-state index contributed by atoms with van der Waals surface area (Å²) in [4.78, 5) is 16.3. The molecule has 0 saturated carbocycles. The van der Waals surface area contributed by atoms with E-state index in [1.807, 2.05) is 206 Å². The number of aryl methyl sites for hydroxylation is 1. The quantitative estimate of drug-likeness (QED) is 0.169. The molecule has 0 bridgehead atoms. The molecule has 0 aliphatic rings. The van der Waals surface area contributed by atoms with Crippen LogP contribution in [0, 0.1) is 52.2 Å². The second-order valence-electron chi connectivity index (χ2n) is 14.0. The molecule has 0 saturated heterocycles. The van der Waals surface area contributed by atoms with Crippen LogP contribution in [0.2, 0.25) is 0 Å². The lowest BCUT2D eigenvalue weighted by Crippen LogP contribution is -1.93. The first-order valence-corrected chi connectivity index (χ1v) is 28.2. The predicted molar refractivity (Wildman–Crippen MR) is 331 cm³/mol. The maximum atomic E-state index is 8.59. The normalized spacial score (nSPS) is 7.95. The summed E-state index contributed by atoms with van der Waals surface area (Å²) in [5, 5.41) is 34.2. The number of benzene rings is 1. The molecule has 0 atom stereocenters. The largest absolute Gasteiger partial charge is 0.263 e. The highest BCUT2D eigenvalue weighted by Gasteiger charge is 2.02. The van der Waals surface area contributed by atoms with Crippen LogP contribution in [0.15, 0.2) is 97.6 Å². The third kappa shape index (κ3) is 53.6. The third-order valence-electron chi connectivity index (χ3n) is 7.80. The summed E-state index contributed by atoms with van der Waals surface area (Å²) in [5.74, 6) is 2.34. The van der Waals surface area contributed by atoms with Gasteiger partial charge in [-0.2, -0.15) is 21.0 Å². The van der Waals surface area contributed by atoms with E-state index in [-0.39, 0.29) is 0 Å². The molecule has 74 heavy (non-hydrogen) atoms. The number of nitrogens with zero attached hydrogens (tertiary/aromatic N) is 8. The highest BCUT2D eigenvalue weighted by Crippen LogP contribution is 2.16. The summed E-state index contributed by atoms with van der Waals surface area (Å²) in [7, 11) is 0. The van der Waals surface area contributed by atoms with Crippen molar-refractivity contribution in [1.82, 2.24) is 19.9 Å². The first kappa shape index (κ1) is 90.5. The Morgan fingerprint density at radius 2 is 0.743 bits per heavy atom. The highest BCUT2D eigenvalue weighted by atomic mass is 14.7. The van der Waals surface area contributed by atoms with E-state index in [0.29, 0.717) is 46.4 Å². The topological polar surface area (TPSA) is 147 Å². The number of aromatic nitrogens is 4. The highest BCUT2D eigenvalue weighted by molar-refractivity contribution is 5.34. The van der Waals surface area contributed by atoms with Crippen LogP contribution in [0.25, 0.3) is 0 Å². The smallest absolute Gasteiger partial charge is 0.140 e. The van der Waals surface area contributed by atoms with E-state index in [4.69, 9.17) is 21.0 Å². The minimum absolute atomic E-state index is 0.392. The van der Waals surface area contributed by atoms with E-state index >= 15 is 0 Å². The van der Waals surface area contributed by atoms with E-state index in [0.717, 1.165) is 28.2 Å². The van der Waals surface area contributed by atoms with Crippen LogP contribution in [0.3, 0.4) is 0 Å². The van der Waals surface area contributed by atoms with Gasteiger partial charge in [0.05, 0.1) is 28.8 Å². The van der Waals surface area contributed by atoms with Crippen LogP contribution in [0.5, 0.6) is 0 Å². The van der Waals surface area contributed by atoms with Gasteiger partial charge in [-0.1, -0.05) is 226 Å². The monoisotopic (exact) mass is 1020 g/mol. The molecule has 5 rings (SSSR count). The molecule has 8 heteroatoms. The van der Waals surface area contributed by atoms with Gasteiger partial charge >= 0.3 is 0 Å². The van der Waals surface area contributed by atoms with Crippen molar-refractivity contribution < 1.29 is 0 Å². The Labute approximate surface area is 461 Å². The average molecular weight is 1020 g/mol. The van der Waals surface area contributed by atoms with Gasteiger partial charge < -0.3 is 0 Å². The standard InChI is InChI=1S/C10H11N.3C9H10N2.C9H13N.10C2H6/c1-8(2)10-5-3-4-9(6-10)7-11;1-7(2)9-3-8(4-10)5-11-6-9;1-7(2)9-5-8(6-10)3-4-11-9;1-7(2)9-5-3-4-8(6-10)11-9;1-7(2)9-4-5-10-8(3)6-9;10*1-2/h3-6,8H,1-2H3;3,5-7H,1-2H3;2*3-5,7H,1-2H3;4-7H,1-3H3;10*1-2H3. The minimum Gasteiger partial charge on any atom is -0.263 e. The van der Waals surface area contributed by atoms with Crippen molar-refractivity contribution >= 4 is 0 Å². The Morgan fingerprint density at radius 3 is 1.12 bits per heavy atom. The molecule has 0 aliphatic heterocycles. The summed E-state index contributed by atoms with van der Waals surface area (Å²) >= 11 is 0. The predicted octanol–water partition coefficient (Wildman–Crippen LogP) is 21.7. The summed E-state index contributed by atoms with van der Waals surface area (Å²) in [6, 6.07) is 31.1. The van der Waals surface area contributed by atoms with Crippen molar-refractivity contribution in [3.05, 3.63) is 154 Å². The molecule has 418 valence electrons. The molecule has 4 aromatic heterocycles. The lowest BCUT2D eigenvalue weighted by molar-refractivity contribution is 0.820. The fourth-order valence-electron chi connectivity index (χ4n) is 4.40. The number of nitriles is 4. The van der Waals surface area contributed by atoms with Gasteiger partial charge in [-0.25, -0.2) is 4.98 Å². The van der Waals surface area contributed by atoms with E-state index in [1.165, 1.54) is 11.1 Å². The van der Waals surface area contributed by atoms with E-state index in [2.05, 4.69) is 120 Å². The van der Waals surface area contributed by atoms with Crippen LogP contribution in [-0.2, 0) is 0 Å². The molecule has 0 N–H and O–H groups in total. The summed E-state index contributed by atoms with van der Waals surface area (Å²) in [5.41, 5.74) is 9.33. The number of hydrogen-bond donors (Lipinski definition) is 0. The van der Waals surface area contributed by atoms with Crippen molar-refractivity contribution in [2.45, 2.75) is 244 Å². The summed E-state index contributed by atoms with van der Waals surface area (Å²) in [6.45, 7) is 63.0. The minimum atomic E-state index is 0.392. The summed E-state index contributed by atoms with van der Waals surface area (Å²) < 4.78 is 0. The van der Waals surface area contributed by atoms with Crippen molar-refractivity contribution in [2.75, 3.05) is 0 Å². The lowest BCUT2D eigenvalue weighted by atomic mass is 10.0. The summed E-state index contributed by atoms with van der Waals surface area (Å²) in [6.07, 6.45) is 6.91. The Kier molecular flexibility index (Phi) is 89.7. The molecular weight excluding hydrogens is 905 g/mol. The van der Waals surface area contributed by atoms with Crippen molar-refractivity contribution in [3.8, 4) is 24.3 Å². The molecular formula is C66H114N8. The zero-order chi connectivity index (χ0) is 60.6.